The van der Waals surface area contributed by atoms with Crippen LogP contribution in [0.1, 0.15) is 49.9 Å². The van der Waals surface area contributed by atoms with Gasteiger partial charge in [0.25, 0.3) is 0 Å². The molecule has 0 radical (unpaired) electrons. The zero-order valence-electron chi connectivity index (χ0n) is 18.1. The molecular weight excluding hydrogens is 406 g/mol. The first-order valence-electron chi connectivity index (χ1n) is 10.9. The molecule has 32 heavy (non-hydrogen) atoms. The molecule has 0 bridgehead atoms. The number of nitrogens with one attached hydrogen (secondary N) is 2. The van der Waals surface area contributed by atoms with Gasteiger partial charge in [-0.3, -0.25) is 5.10 Å². The van der Waals surface area contributed by atoms with Crippen molar-refractivity contribution in [3.63, 3.8) is 0 Å². The smallest absolute Gasteiger partial charge is 0.228 e. The topological polar surface area (TPSA) is 122 Å². The lowest BCUT2D eigenvalue weighted by Crippen LogP contribution is -2.25. The fourth-order valence-electron chi connectivity index (χ4n) is 3.88. The summed E-state index contributed by atoms with van der Waals surface area (Å²) in [6.45, 7) is 5.02. The number of rotatable bonds is 7. The monoisotopic (exact) mass is 431 g/mol. The Morgan fingerprint density at radius 2 is 1.97 bits per heavy atom. The van der Waals surface area contributed by atoms with Crippen LogP contribution in [0.5, 0.6) is 0 Å². The lowest BCUT2D eigenvalue weighted by atomic mass is 10.1. The number of aryl methyl sites for hydroxylation is 2. The fraction of sp³-hybridized carbons (Fsp3) is 0.364. The maximum Gasteiger partial charge on any atom is 0.228 e. The van der Waals surface area contributed by atoms with E-state index in [9.17, 15) is 0 Å². The fourth-order valence-corrected chi connectivity index (χ4v) is 3.88. The Labute approximate surface area is 185 Å². The van der Waals surface area contributed by atoms with E-state index in [0.717, 1.165) is 61.0 Å². The van der Waals surface area contributed by atoms with Gasteiger partial charge in [-0.1, -0.05) is 19.0 Å². The van der Waals surface area contributed by atoms with E-state index in [4.69, 9.17) is 14.5 Å². The Balaban J connectivity index is 1.42. The summed E-state index contributed by atoms with van der Waals surface area (Å²) in [5, 5.41) is 14.8. The molecule has 0 spiro atoms. The van der Waals surface area contributed by atoms with Crippen molar-refractivity contribution in [1.82, 2.24) is 35.3 Å². The summed E-state index contributed by atoms with van der Waals surface area (Å²) >= 11 is 0. The SMILES string of the molecule is CCc1cc(Nc2cc(CC)[nH]n2)nc(N2CCC[C@H]2c2cc(-c3ncccn3)no2)n1. The number of hydrogen-bond donors (Lipinski definition) is 2. The lowest BCUT2D eigenvalue weighted by molar-refractivity contribution is 0.362. The molecule has 1 fully saturated rings. The first-order valence-corrected chi connectivity index (χ1v) is 10.9. The number of anilines is 3. The normalized spacial score (nSPS) is 15.9. The zero-order valence-corrected chi connectivity index (χ0v) is 18.1. The minimum Gasteiger partial charge on any atom is -0.358 e. The van der Waals surface area contributed by atoms with Crippen LogP contribution >= 0.6 is 0 Å². The molecule has 0 saturated carbocycles. The highest BCUT2D eigenvalue weighted by atomic mass is 16.5. The Kier molecular flexibility index (Phi) is 5.49. The maximum absolute atomic E-state index is 5.70. The van der Waals surface area contributed by atoms with Crippen molar-refractivity contribution in [2.75, 3.05) is 16.8 Å². The van der Waals surface area contributed by atoms with E-state index in [2.05, 4.69) is 49.4 Å². The highest BCUT2D eigenvalue weighted by molar-refractivity contribution is 5.55. The molecule has 1 aliphatic rings. The largest absolute Gasteiger partial charge is 0.358 e. The molecule has 0 aliphatic carbocycles. The standard InChI is InChI=1S/C22H25N9O/c1-3-14-11-19(26-20-12-15(4-2)28-29-20)27-22(25-14)31-10-5-7-17(31)18-13-16(30-32-18)21-23-8-6-9-24-21/h6,8-9,11-13,17H,3-5,7,10H2,1-2H3,(H2,25,26,27,28,29)/t17-/m0/s1. The van der Waals surface area contributed by atoms with E-state index >= 15 is 0 Å². The second-order valence-corrected chi connectivity index (χ2v) is 7.69. The quantitative estimate of drug-likeness (QED) is 0.449. The highest BCUT2D eigenvalue weighted by Gasteiger charge is 2.32. The molecule has 1 saturated heterocycles. The predicted molar refractivity (Wildman–Crippen MR) is 120 cm³/mol. The molecule has 0 unspecified atom stereocenters. The summed E-state index contributed by atoms with van der Waals surface area (Å²) < 4.78 is 5.70. The Hall–Kier alpha value is -3.82. The summed E-state index contributed by atoms with van der Waals surface area (Å²) in [4.78, 5) is 20.3. The Morgan fingerprint density at radius 3 is 2.75 bits per heavy atom. The third-order valence-electron chi connectivity index (χ3n) is 5.56. The van der Waals surface area contributed by atoms with Crippen LogP contribution in [0.25, 0.3) is 11.5 Å². The predicted octanol–water partition coefficient (Wildman–Crippen LogP) is 3.85. The van der Waals surface area contributed by atoms with E-state index in [-0.39, 0.29) is 6.04 Å². The zero-order chi connectivity index (χ0) is 21.9. The van der Waals surface area contributed by atoms with Gasteiger partial charge in [0.15, 0.2) is 23.1 Å². The van der Waals surface area contributed by atoms with Crippen molar-refractivity contribution in [1.29, 1.82) is 0 Å². The summed E-state index contributed by atoms with van der Waals surface area (Å²) in [5.74, 6) is 3.46. The second kappa shape index (κ2) is 8.74. The van der Waals surface area contributed by atoms with Crippen LogP contribution in [-0.4, -0.2) is 41.8 Å². The minimum absolute atomic E-state index is 0.0111. The van der Waals surface area contributed by atoms with Gasteiger partial charge in [-0.15, -0.1) is 0 Å². The first-order chi connectivity index (χ1) is 15.7. The molecular formula is C22H25N9O. The van der Waals surface area contributed by atoms with E-state index < -0.39 is 0 Å². The first kappa shape index (κ1) is 20.1. The lowest BCUT2D eigenvalue weighted by Gasteiger charge is -2.23. The van der Waals surface area contributed by atoms with Crippen molar-refractivity contribution in [3.05, 3.63) is 53.8 Å². The van der Waals surface area contributed by atoms with Crippen LogP contribution in [0, 0.1) is 0 Å². The molecule has 0 amide bonds. The van der Waals surface area contributed by atoms with Crippen molar-refractivity contribution >= 4 is 17.6 Å². The molecule has 2 N–H and O–H groups in total. The number of aromatic nitrogens is 7. The van der Waals surface area contributed by atoms with Crippen molar-refractivity contribution in [2.45, 2.75) is 45.6 Å². The number of aromatic amines is 1. The minimum atomic E-state index is 0.0111. The highest BCUT2D eigenvalue weighted by Crippen LogP contribution is 2.36. The third kappa shape index (κ3) is 4.03. The molecule has 5 rings (SSSR count). The molecule has 10 heteroatoms. The third-order valence-corrected chi connectivity index (χ3v) is 5.56. The molecule has 5 heterocycles. The van der Waals surface area contributed by atoms with Crippen LogP contribution in [0.4, 0.5) is 17.6 Å². The van der Waals surface area contributed by atoms with Gasteiger partial charge in [0.2, 0.25) is 5.95 Å². The van der Waals surface area contributed by atoms with Gasteiger partial charge < -0.3 is 14.7 Å². The molecule has 4 aromatic heterocycles. The van der Waals surface area contributed by atoms with Gasteiger partial charge in [0, 0.05) is 48.5 Å². The van der Waals surface area contributed by atoms with Crippen molar-refractivity contribution in [2.24, 2.45) is 0 Å². The van der Waals surface area contributed by atoms with Crippen LogP contribution in [0.3, 0.4) is 0 Å². The van der Waals surface area contributed by atoms with Crippen molar-refractivity contribution < 1.29 is 4.52 Å². The summed E-state index contributed by atoms with van der Waals surface area (Å²) in [5.41, 5.74) is 2.66. The Bertz CT molecular complexity index is 1190. The van der Waals surface area contributed by atoms with E-state index in [0.29, 0.717) is 17.5 Å². The van der Waals surface area contributed by atoms with Crippen LogP contribution in [-0.2, 0) is 12.8 Å². The number of H-pyrrole nitrogens is 1. The second-order valence-electron chi connectivity index (χ2n) is 7.69. The van der Waals surface area contributed by atoms with Crippen LogP contribution in [0.15, 0.2) is 41.2 Å². The molecule has 10 nitrogen and oxygen atoms in total. The van der Waals surface area contributed by atoms with Gasteiger partial charge >= 0.3 is 0 Å². The van der Waals surface area contributed by atoms with E-state index in [1.165, 1.54) is 0 Å². The van der Waals surface area contributed by atoms with Gasteiger partial charge in [0.1, 0.15) is 5.82 Å². The number of nitrogens with zero attached hydrogens (tertiary/aromatic N) is 7. The molecule has 1 aliphatic heterocycles. The average Bonchev–Trinajstić information content (AvgIpc) is 3.59. The number of hydrogen-bond acceptors (Lipinski definition) is 9. The van der Waals surface area contributed by atoms with Crippen LogP contribution < -0.4 is 10.2 Å². The Morgan fingerprint density at radius 1 is 1.09 bits per heavy atom. The summed E-state index contributed by atoms with van der Waals surface area (Å²) in [6, 6.07) is 7.66. The molecule has 164 valence electrons. The van der Waals surface area contributed by atoms with Crippen LogP contribution in [0.2, 0.25) is 0 Å². The molecule has 0 aromatic carbocycles. The van der Waals surface area contributed by atoms with E-state index in [1.807, 2.05) is 18.2 Å². The van der Waals surface area contributed by atoms with Gasteiger partial charge in [-0.2, -0.15) is 10.1 Å². The van der Waals surface area contributed by atoms with Crippen molar-refractivity contribution in [3.8, 4) is 11.5 Å². The molecule has 4 aromatic rings. The summed E-state index contributed by atoms with van der Waals surface area (Å²) in [7, 11) is 0. The van der Waals surface area contributed by atoms with E-state index in [1.54, 1.807) is 18.5 Å². The van der Waals surface area contributed by atoms with Gasteiger partial charge in [-0.25, -0.2) is 15.0 Å². The van der Waals surface area contributed by atoms with Gasteiger partial charge in [-0.05, 0) is 31.7 Å². The average molecular weight is 432 g/mol. The maximum atomic E-state index is 5.70. The summed E-state index contributed by atoms with van der Waals surface area (Å²) in [6.07, 6.45) is 7.05. The molecule has 1 atom stereocenters. The van der Waals surface area contributed by atoms with Gasteiger partial charge in [0.05, 0.1) is 6.04 Å².